The van der Waals surface area contributed by atoms with Crippen molar-refractivity contribution in [3.63, 3.8) is 0 Å². The van der Waals surface area contributed by atoms with E-state index >= 15 is 0 Å². The summed E-state index contributed by atoms with van der Waals surface area (Å²) in [6.45, 7) is 2.69. The van der Waals surface area contributed by atoms with E-state index in [0.717, 1.165) is 29.8 Å². The zero-order valence-electron chi connectivity index (χ0n) is 11.2. The Morgan fingerprint density at radius 2 is 2.32 bits per heavy atom. The quantitative estimate of drug-likeness (QED) is 0.830. The number of piperidine rings is 1. The highest BCUT2D eigenvalue weighted by Crippen LogP contribution is 2.19. The van der Waals surface area contributed by atoms with Gasteiger partial charge in [0.05, 0.1) is 11.0 Å². The van der Waals surface area contributed by atoms with Gasteiger partial charge in [0.1, 0.15) is 5.82 Å². The predicted molar refractivity (Wildman–Crippen MR) is 75.4 cm³/mol. The average molecular weight is 257 g/mol. The van der Waals surface area contributed by atoms with Gasteiger partial charge in [-0.3, -0.25) is 4.79 Å². The van der Waals surface area contributed by atoms with E-state index in [2.05, 4.69) is 15.3 Å². The van der Waals surface area contributed by atoms with Gasteiger partial charge in [0.2, 0.25) is 0 Å². The van der Waals surface area contributed by atoms with Crippen molar-refractivity contribution >= 4 is 16.8 Å². The van der Waals surface area contributed by atoms with Crippen molar-refractivity contribution in [2.75, 3.05) is 6.54 Å². The number of nitrogens with zero attached hydrogens (tertiary/aromatic N) is 1. The van der Waals surface area contributed by atoms with Crippen LogP contribution in [-0.2, 0) is 6.42 Å². The van der Waals surface area contributed by atoms with Crippen molar-refractivity contribution in [3.05, 3.63) is 29.6 Å². The van der Waals surface area contributed by atoms with Crippen LogP contribution in [0.1, 0.15) is 42.4 Å². The molecule has 1 fully saturated rings. The summed E-state index contributed by atoms with van der Waals surface area (Å²) in [7, 11) is 0. The zero-order valence-corrected chi connectivity index (χ0v) is 11.2. The third-order valence-electron chi connectivity index (χ3n) is 3.79. The minimum Gasteiger partial charge on any atom is -0.342 e. The highest BCUT2D eigenvalue weighted by molar-refractivity contribution is 6.04. The molecular formula is C15H19N3O. The van der Waals surface area contributed by atoms with Crippen molar-refractivity contribution in [2.45, 2.75) is 38.6 Å². The maximum absolute atomic E-state index is 11.6. The molecular weight excluding hydrogens is 238 g/mol. The number of Topliss-reactive ketones (excluding diaryl/α,β-unsaturated/α-hetero) is 1. The Bertz CT molecular complexity index is 596. The number of nitrogens with one attached hydrogen (secondary N) is 2. The Kier molecular flexibility index (Phi) is 3.34. The van der Waals surface area contributed by atoms with E-state index in [9.17, 15) is 4.79 Å². The molecule has 2 N–H and O–H groups in total. The van der Waals surface area contributed by atoms with E-state index in [4.69, 9.17) is 0 Å². The summed E-state index contributed by atoms with van der Waals surface area (Å²) >= 11 is 0. The van der Waals surface area contributed by atoms with Gasteiger partial charge >= 0.3 is 0 Å². The van der Waals surface area contributed by atoms with E-state index in [1.807, 2.05) is 18.2 Å². The zero-order chi connectivity index (χ0) is 13.2. The van der Waals surface area contributed by atoms with Crippen LogP contribution in [-0.4, -0.2) is 28.3 Å². The number of ketones is 1. The Balaban J connectivity index is 1.88. The first kappa shape index (κ1) is 12.4. The smallest absolute Gasteiger partial charge is 0.162 e. The van der Waals surface area contributed by atoms with Gasteiger partial charge < -0.3 is 10.3 Å². The first-order valence-electron chi connectivity index (χ1n) is 6.96. The molecule has 0 bridgehead atoms. The third kappa shape index (κ3) is 2.54. The molecule has 1 aliphatic rings. The van der Waals surface area contributed by atoms with Gasteiger partial charge in [0.25, 0.3) is 0 Å². The van der Waals surface area contributed by atoms with Crippen LogP contribution in [0.2, 0.25) is 0 Å². The number of carbonyl (C=O) groups excluding carboxylic acids is 1. The van der Waals surface area contributed by atoms with Crippen LogP contribution in [0.4, 0.5) is 0 Å². The number of aromatic nitrogens is 2. The first-order valence-corrected chi connectivity index (χ1v) is 6.96. The van der Waals surface area contributed by atoms with Gasteiger partial charge in [-0.05, 0) is 38.4 Å². The summed E-state index contributed by atoms with van der Waals surface area (Å²) < 4.78 is 0. The number of para-hydroxylation sites is 1. The molecule has 0 spiro atoms. The van der Waals surface area contributed by atoms with Gasteiger partial charge in [-0.15, -0.1) is 0 Å². The summed E-state index contributed by atoms with van der Waals surface area (Å²) in [5, 5.41) is 3.52. The normalized spacial score (nSPS) is 19.7. The molecule has 19 heavy (non-hydrogen) atoms. The summed E-state index contributed by atoms with van der Waals surface area (Å²) in [4.78, 5) is 19.5. The number of rotatable bonds is 3. The summed E-state index contributed by atoms with van der Waals surface area (Å²) in [5.41, 5.74) is 2.47. The van der Waals surface area contributed by atoms with Gasteiger partial charge in [0.15, 0.2) is 5.78 Å². The highest BCUT2D eigenvalue weighted by atomic mass is 16.1. The fraction of sp³-hybridized carbons (Fsp3) is 0.467. The van der Waals surface area contributed by atoms with Crippen molar-refractivity contribution in [1.29, 1.82) is 0 Å². The molecule has 2 aromatic rings. The van der Waals surface area contributed by atoms with Crippen LogP contribution >= 0.6 is 0 Å². The molecule has 100 valence electrons. The minimum absolute atomic E-state index is 0.0689. The maximum atomic E-state index is 11.6. The lowest BCUT2D eigenvalue weighted by atomic mass is 10.0. The molecule has 0 amide bonds. The molecule has 4 nitrogen and oxygen atoms in total. The monoisotopic (exact) mass is 257 g/mol. The largest absolute Gasteiger partial charge is 0.342 e. The number of fused-ring (bicyclic) bond motifs is 1. The standard InChI is InChI=1S/C15H19N3O/c1-10(19)12-6-4-7-13-15(12)18-14(17-13)9-11-5-2-3-8-16-11/h4,6-7,11,16H,2-3,5,8-9H2,1H3,(H,17,18). The van der Waals surface area contributed by atoms with Crippen molar-refractivity contribution < 1.29 is 4.79 Å². The molecule has 0 radical (unpaired) electrons. The Morgan fingerprint density at radius 3 is 3.05 bits per heavy atom. The molecule has 1 aromatic carbocycles. The number of carbonyl (C=O) groups is 1. The van der Waals surface area contributed by atoms with Gasteiger partial charge in [-0.2, -0.15) is 0 Å². The number of imidazole rings is 1. The Morgan fingerprint density at radius 1 is 1.42 bits per heavy atom. The molecule has 1 unspecified atom stereocenters. The minimum atomic E-state index is 0.0689. The molecule has 4 heteroatoms. The molecule has 0 saturated carbocycles. The lowest BCUT2D eigenvalue weighted by Crippen LogP contribution is -2.35. The molecule has 1 aromatic heterocycles. The van der Waals surface area contributed by atoms with Crippen LogP contribution in [0.25, 0.3) is 11.0 Å². The van der Waals surface area contributed by atoms with Crippen LogP contribution in [0, 0.1) is 0 Å². The summed E-state index contributed by atoms with van der Waals surface area (Å²) in [5.74, 6) is 1.04. The second-order valence-electron chi connectivity index (χ2n) is 5.29. The second-order valence-corrected chi connectivity index (χ2v) is 5.29. The van der Waals surface area contributed by atoms with E-state index in [0.29, 0.717) is 11.6 Å². The topological polar surface area (TPSA) is 57.8 Å². The van der Waals surface area contributed by atoms with Crippen LogP contribution in [0.3, 0.4) is 0 Å². The Hall–Kier alpha value is -1.68. The molecule has 0 aliphatic carbocycles. The van der Waals surface area contributed by atoms with Gasteiger partial charge in [-0.25, -0.2) is 4.98 Å². The number of H-pyrrole nitrogens is 1. The number of hydrogen-bond acceptors (Lipinski definition) is 3. The van der Waals surface area contributed by atoms with Crippen molar-refractivity contribution in [1.82, 2.24) is 15.3 Å². The molecule has 1 saturated heterocycles. The van der Waals surface area contributed by atoms with Crippen molar-refractivity contribution in [3.8, 4) is 0 Å². The first-order chi connectivity index (χ1) is 9.24. The molecule has 2 heterocycles. The number of aromatic amines is 1. The highest BCUT2D eigenvalue weighted by Gasteiger charge is 2.16. The van der Waals surface area contributed by atoms with Crippen LogP contribution in [0.5, 0.6) is 0 Å². The number of hydrogen-bond donors (Lipinski definition) is 2. The third-order valence-corrected chi connectivity index (χ3v) is 3.79. The SMILES string of the molecule is CC(=O)c1cccc2[nH]c(CC3CCCCN3)nc12. The Labute approximate surface area is 112 Å². The summed E-state index contributed by atoms with van der Waals surface area (Å²) in [6, 6.07) is 6.23. The van der Waals surface area contributed by atoms with E-state index in [-0.39, 0.29) is 5.78 Å². The van der Waals surface area contributed by atoms with Crippen molar-refractivity contribution in [2.24, 2.45) is 0 Å². The van der Waals surface area contributed by atoms with E-state index < -0.39 is 0 Å². The maximum Gasteiger partial charge on any atom is 0.162 e. The lowest BCUT2D eigenvalue weighted by molar-refractivity contribution is 0.101. The molecule has 1 atom stereocenters. The number of benzene rings is 1. The molecule has 1 aliphatic heterocycles. The predicted octanol–water partition coefficient (Wildman–Crippen LogP) is 2.45. The average Bonchev–Trinajstić information content (AvgIpc) is 2.81. The fourth-order valence-electron chi connectivity index (χ4n) is 2.80. The van der Waals surface area contributed by atoms with Crippen LogP contribution in [0.15, 0.2) is 18.2 Å². The molecule has 3 rings (SSSR count). The summed E-state index contributed by atoms with van der Waals surface area (Å²) in [6.07, 6.45) is 4.67. The van der Waals surface area contributed by atoms with Crippen LogP contribution < -0.4 is 5.32 Å². The fourth-order valence-corrected chi connectivity index (χ4v) is 2.80. The second kappa shape index (κ2) is 5.13. The van der Waals surface area contributed by atoms with Gasteiger partial charge in [-0.1, -0.05) is 12.5 Å². The van der Waals surface area contributed by atoms with E-state index in [1.165, 1.54) is 19.3 Å². The van der Waals surface area contributed by atoms with Gasteiger partial charge in [0, 0.05) is 18.0 Å². The lowest BCUT2D eigenvalue weighted by Gasteiger charge is -2.22. The van der Waals surface area contributed by atoms with E-state index in [1.54, 1.807) is 6.92 Å².